The molecule has 30 heavy (non-hydrogen) atoms. The zero-order valence-electron chi connectivity index (χ0n) is 16.8. The lowest BCUT2D eigenvalue weighted by atomic mass is 10.1. The molecule has 1 saturated heterocycles. The molecule has 1 aliphatic heterocycles. The molecule has 1 aromatic carbocycles. The molecular formula is C21H24N6O3. The molecule has 1 fully saturated rings. The fourth-order valence-corrected chi connectivity index (χ4v) is 3.23. The monoisotopic (exact) mass is 408 g/mol. The zero-order chi connectivity index (χ0) is 20.8. The van der Waals surface area contributed by atoms with Crippen LogP contribution in [0, 0.1) is 0 Å². The van der Waals surface area contributed by atoms with Gasteiger partial charge in [0.2, 0.25) is 0 Å². The number of ether oxygens (including phenoxy) is 2. The van der Waals surface area contributed by atoms with E-state index < -0.39 is 0 Å². The van der Waals surface area contributed by atoms with Crippen molar-refractivity contribution in [1.82, 2.24) is 19.5 Å². The standard InChI is InChI=1S/C21H24N6O3/c1-29-17-4-2-16(3-5-17)18-12-21(28)27(15-25-18)7-6-22-19-13-20(24-14-23-19)26-8-10-30-11-9-26/h2-5,12-15H,6-11H2,1H3,(H,22,23,24). The van der Waals surface area contributed by atoms with Gasteiger partial charge >= 0.3 is 0 Å². The van der Waals surface area contributed by atoms with E-state index in [1.54, 1.807) is 30.4 Å². The highest BCUT2D eigenvalue weighted by molar-refractivity contribution is 5.59. The molecule has 1 N–H and O–H groups in total. The first-order valence-corrected chi connectivity index (χ1v) is 9.82. The molecule has 0 atom stereocenters. The molecule has 0 bridgehead atoms. The summed E-state index contributed by atoms with van der Waals surface area (Å²) in [6.07, 6.45) is 3.12. The summed E-state index contributed by atoms with van der Waals surface area (Å²) in [5.41, 5.74) is 1.40. The first kappa shape index (κ1) is 19.8. The average Bonchev–Trinajstić information content (AvgIpc) is 2.81. The van der Waals surface area contributed by atoms with Gasteiger partial charge in [-0.3, -0.25) is 9.36 Å². The number of aromatic nitrogens is 4. The summed E-state index contributed by atoms with van der Waals surface area (Å²) in [6, 6.07) is 10.9. The lowest BCUT2D eigenvalue weighted by Gasteiger charge is -2.27. The highest BCUT2D eigenvalue weighted by atomic mass is 16.5. The number of nitrogens with one attached hydrogen (secondary N) is 1. The van der Waals surface area contributed by atoms with Crippen molar-refractivity contribution in [1.29, 1.82) is 0 Å². The van der Waals surface area contributed by atoms with Gasteiger partial charge in [0.1, 0.15) is 23.7 Å². The van der Waals surface area contributed by atoms with Crippen molar-refractivity contribution < 1.29 is 9.47 Å². The number of morpholine rings is 1. The zero-order valence-corrected chi connectivity index (χ0v) is 16.8. The number of anilines is 2. The Bertz CT molecular complexity index is 1030. The Labute approximate surface area is 174 Å². The largest absolute Gasteiger partial charge is 0.497 e. The maximum atomic E-state index is 12.5. The van der Waals surface area contributed by atoms with Gasteiger partial charge in [-0.15, -0.1) is 0 Å². The Balaban J connectivity index is 1.36. The molecule has 0 unspecified atom stereocenters. The molecule has 4 rings (SSSR count). The second-order valence-electron chi connectivity index (χ2n) is 6.82. The second kappa shape index (κ2) is 9.36. The van der Waals surface area contributed by atoms with Gasteiger partial charge < -0.3 is 19.7 Å². The van der Waals surface area contributed by atoms with E-state index in [1.807, 2.05) is 30.3 Å². The third-order valence-corrected chi connectivity index (χ3v) is 4.91. The van der Waals surface area contributed by atoms with E-state index in [1.165, 1.54) is 0 Å². The first-order valence-electron chi connectivity index (χ1n) is 9.82. The Kier molecular flexibility index (Phi) is 6.19. The lowest BCUT2D eigenvalue weighted by Crippen LogP contribution is -2.36. The van der Waals surface area contributed by atoms with Gasteiger partial charge in [-0.05, 0) is 24.3 Å². The van der Waals surface area contributed by atoms with Crippen LogP contribution in [0.5, 0.6) is 5.75 Å². The first-order chi connectivity index (χ1) is 14.7. The fourth-order valence-electron chi connectivity index (χ4n) is 3.23. The Morgan fingerprint density at radius 1 is 1.10 bits per heavy atom. The number of benzene rings is 1. The maximum Gasteiger partial charge on any atom is 0.253 e. The van der Waals surface area contributed by atoms with Crippen LogP contribution < -0.4 is 20.5 Å². The van der Waals surface area contributed by atoms with Crippen molar-refractivity contribution in [2.24, 2.45) is 0 Å². The molecule has 9 heteroatoms. The highest BCUT2D eigenvalue weighted by Gasteiger charge is 2.13. The lowest BCUT2D eigenvalue weighted by molar-refractivity contribution is 0.122. The number of nitrogens with zero attached hydrogens (tertiary/aromatic N) is 5. The minimum absolute atomic E-state index is 0.102. The van der Waals surface area contributed by atoms with Crippen molar-refractivity contribution in [3.63, 3.8) is 0 Å². The molecule has 156 valence electrons. The molecule has 0 aliphatic carbocycles. The van der Waals surface area contributed by atoms with E-state index >= 15 is 0 Å². The Hall–Kier alpha value is -3.46. The molecule has 2 aromatic heterocycles. The summed E-state index contributed by atoms with van der Waals surface area (Å²) in [7, 11) is 1.62. The molecule has 0 radical (unpaired) electrons. The van der Waals surface area contributed by atoms with Crippen LogP contribution in [0.1, 0.15) is 0 Å². The summed E-state index contributed by atoms with van der Waals surface area (Å²) < 4.78 is 12.1. The molecule has 1 aliphatic rings. The minimum atomic E-state index is -0.102. The van der Waals surface area contributed by atoms with Gasteiger partial charge in [-0.1, -0.05) is 0 Å². The number of methoxy groups -OCH3 is 1. The van der Waals surface area contributed by atoms with E-state index in [4.69, 9.17) is 9.47 Å². The minimum Gasteiger partial charge on any atom is -0.497 e. The van der Waals surface area contributed by atoms with Gasteiger partial charge in [-0.25, -0.2) is 15.0 Å². The van der Waals surface area contributed by atoms with Crippen molar-refractivity contribution in [2.75, 3.05) is 50.2 Å². The van der Waals surface area contributed by atoms with Gasteiger partial charge in [0, 0.05) is 43.9 Å². The Morgan fingerprint density at radius 2 is 1.90 bits per heavy atom. The second-order valence-corrected chi connectivity index (χ2v) is 6.82. The molecule has 9 nitrogen and oxygen atoms in total. The van der Waals surface area contributed by atoms with Gasteiger partial charge in [0.05, 0.1) is 32.3 Å². The van der Waals surface area contributed by atoms with Crippen LogP contribution in [-0.4, -0.2) is 59.5 Å². The molecular weight excluding hydrogens is 384 g/mol. The predicted molar refractivity (Wildman–Crippen MR) is 114 cm³/mol. The van der Waals surface area contributed by atoms with Gasteiger partial charge in [-0.2, -0.15) is 0 Å². The molecule has 0 saturated carbocycles. The quantitative estimate of drug-likeness (QED) is 0.631. The predicted octanol–water partition coefficient (Wildman–Crippen LogP) is 1.66. The summed E-state index contributed by atoms with van der Waals surface area (Å²) in [5.74, 6) is 2.36. The van der Waals surface area contributed by atoms with Crippen LogP contribution in [0.3, 0.4) is 0 Å². The normalized spacial score (nSPS) is 13.8. The molecule has 3 heterocycles. The van der Waals surface area contributed by atoms with E-state index in [2.05, 4.69) is 25.2 Å². The third kappa shape index (κ3) is 4.74. The van der Waals surface area contributed by atoms with Crippen LogP contribution in [0.25, 0.3) is 11.3 Å². The van der Waals surface area contributed by atoms with E-state index in [-0.39, 0.29) is 5.56 Å². The smallest absolute Gasteiger partial charge is 0.253 e. The van der Waals surface area contributed by atoms with E-state index in [9.17, 15) is 4.79 Å². The number of hydrogen-bond donors (Lipinski definition) is 1. The van der Waals surface area contributed by atoms with Crippen LogP contribution in [0.15, 0.2) is 53.8 Å². The topological polar surface area (TPSA) is 94.4 Å². The van der Waals surface area contributed by atoms with Gasteiger partial charge in [0.15, 0.2) is 0 Å². The van der Waals surface area contributed by atoms with Gasteiger partial charge in [0.25, 0.3) is 5.56 Å². The fraction of sp³-hybridized carbons (Fsp3) is 0.333. The highest BCUT2D eigenvalue weighted by Crippen LogP contribution is 2.19. The SMILES string of the molecule is COc1ccc(-c2cc(=O)n(CCNc3cc(N4CCOCC4)ncn3)cn2)cc1. The van der Waals surface area contributed by atoms with Crippen LogP contribution in [-0.2, 0) is 11.3 Å². The van der Waals surface area contributed by atoms with E-state index in [0.29, 0.717) is 32.0 Å². The van der Waals surface area contributed by atoms with Crippen LogP contribution in [0.2, 0.25) is 0 Å². The summed E-state index contributed by atoms with van der Waals surface area (Å²) >= 11 is 0. The maximum absolute atomic E-state index is 12.5. The van der Waals surface area contributed by atoms with Crippen LogP contribution in [0.4, 0.5) is 11.6 Å². The summed E-state index contributed by atoms with van der Waals surface area (Å²) in [4.78, 5) is 27.7. The Morgan fingerprint density at radius 3 is 2.63 bits per heavy atom. The summed E-state index contributed by atoms with van der Waals surface area (Å²) in [5, 5.41) is 3.25. The number of rotatable bonds is 7. The van der Waals surface area contributed by atoms with Crippen molar-refractivity contribution >= 4 is 11.6 Å². The van der Waals surface area contributed by atoms with Crippen LogP contribution >= 0.6 is 0 Å². The van der Waals surface area contributed by atoms with Crippen molar-refractivity contribution in [3.05, 3.63) is 59.4 Å². The molecule has 3 aromatic rings. The third-order valence-electron chi connectivity index (χ3n) is 4.91. The summed E-state index contributed by atoms with van der Waals surface area (Å²) in [6.45, 7) is 4.06. The number of hydrogen-bond acceptors (Lipinski definition) is 8. The molecule has 0 spiro atoms. The molecule has 0 amide bonds. The average molecular weight is 408 g/mol. The van der Waals surface area contributed by atoms with Crippen molar-refractivity contribution in [2.45, 2.75) is 6.54 Å². The van der Waals surface area contributed by atoms with E-state index in [0.717, 1.165) is 36.0 Å². The van der Waals surface area contributed by atoms with Crippen molar-refractivity contribution in [3.8, 4) is 17.0 Å².